The Labute approximate surface area is 164 Å². The van der Waals surface area contributed by atoms with Crippen LogP contribution < -0.4 is 16.0 Å². The predicted molar refractivity (Wildman–Crippen MR) is 107 cm³/mol. The topological polar surface area (TPSA) is 100 Å². The number of furan rings is 1. The van der Waals surface area contributed by atoms with Crippen molar-refractivity contribution in [3.8, 4) is 0 Å². The van der Waals surface area contributed by atoms with Gasteiger partial charge in [-0.3, -0.25) is 14.4 Å². The van der Waals surface area contributed by atoms with Gasteiger partial charge in [0.2, 0.25) is 5.91 Å². The number of anilines is 1. The molecule has 0 aliphatic heterocycles. The van der Waals surface area contributed by atoms with Crippen LogP contribution in [0.25, 0.3) is 0 Å². The third kappa shape index (κ3) is 5.70. The van der Waals surface area contributed by atoms with E-state index in [4.69, 9.17) is 4.42 Å². The van der Waals surface area contributed by atoms with Crippen molar-refractivity contribution in [1.29, 1.82) is 0 Å². The molecule has 0 spiro atoms. The highest BCUT2D eigenvalue weighted by atomic mass is 16.3. The molecule has 0 radical (unpaired) electrons. The first-order valence-corrected chi connectivity index (χ1v) is 9.15. The normalized spacial score (nSPS) is 12.4. The second-order valence-corrected chi connectivity index (χ2v) is 7.91. The van der Waals surface area contributed by atoms with Crippen LogP contribution >= 0.6 is 0 Å². The quantitative estimate of drug-likeness (QED) is 0.711. The molecule has 1 aromatic heterocycles. The molecule has 0 fully saturated rings. The molecule has 0 aliphatic rings. The van der Waals surface area contributed by atoms with Gasteiger partial charge in [-0.1, -0.05) is 26.0 Å². The SMILES string of the molecule is CC(C)C(NC(=O)c1ccccc1NC(=O)c1ccco1)C(=O)NC(C)(C)C. The summed E-state index contributed by atoms with van der Waals surface area (Å²) in [5.74, 6) is -1.14. The minimum absolute atomic E-state index is 0.115. The van der Waals surface area contributed by atoms with E-state index in [1.807, 2.05) is 34.6 Å². The second-order valence-electron chi connectivity index (χ2n) is 7.91. The van der Waals surface area contributed by atoms with Gasteiger partial charge in [0, 0.05) is 5.54 Å². The average Bonchev–Trinajstić information content (AvgIpc) is 3.12. The van der Waals surface area contributed by atoms with Crippen molar-refractivity contribution in [3.05, 3.63) is 54.0 Å². The molecule has 3 N–H and O–H groups in total. The van der Waals surface area contributed by atoms with Gasteiger partial charge in [-0.25, -0.2) is 0 Å². The molecule has 0 bridgehead atoms. The molecule has 2 aromatic rings. The molecule has 1 atom stereocenters. The van der Waals surface area contributed by atoms with Crippen LogP contribution in [-0.2, 0) is 4.79 Å². The Balaban J connectivity index is 2.18. The predicted octanol–water partition coefficient (Wildman–Crippen LogP) is 3.20. The maximum atomic E-state index is 12.9. The van der Waals surface area contributed by atoms with E-state index in [1.54, 1.807) is 30.3 Å². The van der Waals surface area contributed by atoms with Crippen molar-refractivity contribution in [2.24, 2.45) is 5.92 Å². The molecule has 1 heterocycles. The van der Waals surface area contributed by atoms with Crippen molar-refractivity contribution in [2.45, 2.75) is 46.2 Å². The van der Waals surface area contributed by atoms with Crippen LogP contribution in [0.1, 0.15) is 55.5 Å². The molecule has 2 rings (SSSR count). The van der Waals surface area contributed by atoms with Crippen LogP contribution in [-0.4, -0.2) is 29.3 Å². The molecular weight excluding hydrogens is 358 g/mol. The Kier molecular flexibility index (Phi) is 6.62. The zero-order chi connectivity index (χ0) is 20.9. The van der Waals surface area contributed by atoms with Crippen LogP contribution in [0.2, 0.25) is 0 Å². The van der Waals surface area contributed by atoms with Crippen molar-refractivity contribution in [2.75, 3.05) is 5.32 Å². The molecule has 1 unspecified atom stereocenters. The molecule has 7 nitrogen and oxygen atoms in total. The van der Waals surface area contributed by atoms with Gasteiger partial charge in [0.15, 0.2) is 5.76 Å². The van der Waals surface area contributed by atoms with Gasteiger partial charge in [-0.05, 0) is 51.0 Å². The van der Waals surface area contributed by atoms with E-state index in [-0.39, 0.29) is 23.1 Å². The summed E-state index contributed by atoms with van der Waals surface area (Å²) in [6, 6.07) is 9.04. The summed E-state index contributed by atoms with van der Waals surface area (Å²) < 4.78 is 5.08. The van der Waals surface area contributed by atoms with E-state index in [9.17, 15) is 14.4 Å². The van der Waals surface area contributed by atoms with Crippen molar-refractivity contribution < 1.29 is 18.8 Å². The Bertz CT molecular complexity index is 836. The zero-order valence-electron chi connectivity index (χ0n) is 16.8. The van der Waals surface area contributed by atoms with Gasteiger partial charge in [-0.2, -0.15) is 0 Å². The second kappa shape index (κ2) is 8.73. The highest BCUT2D eigenvalue weighted by Gasteiger charge is 2.28. The summed E-state index contributed by atoms with van der Waals surface area (Å²) in [5.41, 5.74) is 0.181. The van der Waals surface area contributed by atoms with E-state index in [2.05, 4.69) is 16.0 Å². The van der Waals surface area contributed by atoms with E-state index < -0.39 is 23.4 Å². The highest BCUT2D eigenvalue weighted by molar-refractivity contribution is 6.08. The first-order chi connectivity index (χ1) is 13.1. The van der Waals surface area contributed by atoms with Crippen LogP contribution in [0.15, 0.2) is 47.1 Å². The molecule has 1 aromatic carbocycles. The fraction of sp³-hybridized carbons (Fsp3) is 0.381. The summed E-state index contributed by atoms with van der Waals surface area (Å²) in [5, 5.41) is 8.33. The Hall–Kier alpha value is -3.09. The Morgan fingerprint density at radius 3 is 2.21 bits per heavy atom. The molecule has 0 saturated heterocycles. The van der Waals surface area contributed by atoms with Gasteiger partial charge in [0.1, 0.15) is 6.04 Å². The van der Waals surface area contributed by atoms with E-state index in [0.29, 0.717) is 5.69 Å². The van der Waals surface area contributed by atoms with E-state index in [1.165, 1.54) is 12.3 Å². The van der Waals surface area contributed by atoms with E-state index in [0.717, 1.165) is 0 Å². The number of hydrogen-bond acceptors (Lipinski definition) is 4. The Morgan fingerprint density at radius 1 is 0.964 bits per heavy atom. The van der Waals surface area contributed by atoms with Gasteiger partial charge in [0.05, 0.1) is 17.5 Å². The van der Waals surface area contributed by atoms with Gasteiger partial charge < -0.3 is 20.4 Å². The van der Waals surface area contributed by atoms with E-state index >= 15 is 0 Å². The minimum Gasteiger partial charge on any atom is -0.459 e. The summed E-state index contributed by atoms with van der Waals surface area (Å²) in [6.07, 6.45) is 1.40. The first kappa shape index (κ1) is 21.2. The lowest BCUT2D eigenvalue weighted by molar-refractivity contribution is -0.125. The average molecular weight is 385 g/mol. The molecular formula is C21H27N3O4. The summed E-state index contributed by atoms with van der Waals surface area (Å²) in [7, 11) is 0. The number of nitrogens with one attached hydrogen (secondary N) is 3. The lowest BCUT2D eigenvalue weighted by atomic mass is 10.0. The Morgan fingerprint density at radius 2 is 1.64 bits per heavy atom. The molecule has 0 saturated carbocycles. The summed E-state index contributed by atoms with van der Waals surface area (Å²) in [6.45, 7) is 9.35. The van der Waals surface area contributed by atoms with Crippen molar-refractivity contribution in [1.82, 2.24) is 10.6 Å². The fourth-order valence-electron chi connectivity index (χ4n) is 2.58. The number of carbonyl (C=O) groups excluding carboxylic acids is 3. The number of hydrogen-bond donors (Lipinski definition) is 3. The largest absolute Gasteiger partial charge is 0.459 e. The first-order valence-electron chi connectivity index (χ1n) is 9.15. The van der Waals surface area contributed by atoms with Crippen LogP contribution in [0, 0.1) is 5.92 Å². The van der Waals surface area contributed by atoms with Gasteiger partial charge in [0.25, 0.3) is 11.8 Å². The highest BCUT2D eigenvalue weighted by Crippen LogP contribution is 2.17. The molecule has 150 valence electrons. The lowest BCUT2D eigenvalue weighted by Crippen LogP contribution is -2.54. The number of para-hydroxylation sites is 1. The monoisotopic (exact) mass is 385 g/mol. The molecule has 7 heteroatoms. The number of amides is 3. The number of rotatable bonds is 6. The third-order valence-corrected chi connectivity index (χ3v) is 3.90. The fourth-order valence-corrected chi connectivity index (χ4v) is 2.58. The smallest absolute Gasteiger partial charge is 0.291 e. The zero-order valence-corrected chi connectivity index (χ0v) is 16.8. The standard InChI is InChI=1S/C21H27N3O4/c1-13(2)17(20(27)24-21(3,4)5)23-18(25)14-9-6-7-10-15(14)22-19(26)16-11-8-12-28-16/h6-13,17H,1-5H3,(H,22,26)(H,23,25)(H,24,27). The maximum absolute atomic E-state index is 12.9. The molecule has 3 amide bonds. The molecule has 28 heavy (non-hydrogen) atoms. The summed E-state index contributed by atoms with van der Waals surface area (Å²) >= 11 is 0. The van der Waals surface area contributed by atoms with Crippen molar-refractivity contribution in [3.63, 3.8) is 0 Å². The van der Waals surface area contributed by atoms with Gasteiger partial charge >= 0.3 is 0 Å². The number of carbonyl (C=O) groups is 3. The molecule has 0 aliphatic carbocycles. The van der Waals surface area contributed by atoms with Crippen LogP contribution in [0.3, 0.4) is 0 Å². The minimum atomic E-state index is -0.708. The van der Waals surface area contributed by atoms with Crippen LogP contribution in [0.4, 0.5) is 5.69 Å². The third-order valence-electron chi connectivity index (χ3n) is 3.90. The van der Waals surface area contributed by atoms with Crippen molar-refractivity contribution >= 4 is 23.4 Å². The maximum Gasteiger partial charge on any atom is 0.291 e. The lowest BCUT2D eigenvalue weighted by Gasteiger charge is -2.27. The number of benzene rings is 1. The summed E-state index contributed by atoms with van der Waals surface area (Å²) in [4.78, 5) is 37.7. The van der Waals surface area contributed by atoms with Gasteiger partial charge in [-0.15, -0.1) is 0 Å². The van der Waals surface area contributed by atoms with Crippen LogP contribution in [0.5, 0.6) is 0 Å².